The van der Waals surface area contributed by atoms with E-state index in [0.717, 1.165) is 35.6 Å². The van der Waals surface area contributed by atoms with Gasteiger partial charge in [0, 0.05) is 11.6 Å². The van der Waals surface area contributed by atoms with Crippen LogP contribution in [0.1, 0.15) is 48.7 Å². The zero-order chi connectivity index (χ0) is 12.0. The first-order valence-corrected chi connectivity index (χ1v) is 6.26. The van der Waals surface area contributed by atoms with Crippen molar-refractivity contribution >= 4 is 11.0 Å². The van der Waals surface area contributed by atoms with Crippen LogP contribution in [0.3, 0.4) is 0 Å². The molecule has 2 N–H and O–H groups in total. The van der Waals surface area contributed by atoms with Crippen molar-refractivity contribution in [1.29, 1.82) is 0 Å². The first-order valence-electron chi connectivity index (χ1n) is 6.26. The van der Waals surface area contributed by atoms with Gasteiger partial charge in [-0.25, -0.2) is 4.98 Å². The van der Waals surface area contributed by atoms with Crippen LogP contribution in [0.15, 0.2) is 4.79 Å². The van der Waals surface area contributed by atoms with Crippen LogP contribution in [-0.4, -0.2) is 15.0 Å². The Kier molecular flexibility index (Phi) is 2.31. The van der Waals surface area contributed by atoms with Crippen LogP contribution in [0.4, 0.5) is 0 Å². The van der Waals surface area contributed by atoms with Crippen molar-refractivity contribution in [2.75, 3.05) is 0 Å². The van der Waals surface area contributed by atoms with Crippen molar-refractivity contribution in [3.05, 3.63) is 27.4 Å². The summed E-state index contributed by atoms with van der Waals surface area (Å²) in [4.78, 5) is 22.8. The number of rotatable bonds is 1. The van der Waals surface area contributed by atoms with E-state index in [1.165, 1.54) is 12.8 Å². The summed E-state index contributed by atoms with van der Waals surface area (Å²) < 4.78 is 0. The molecule has 17 heavy (non-hydrogen) atoms. The Labute approximate surface area is 99.5 Å². The van der Waals surface area contributed by atoms with E-state index in [2.05, 4.69) is 15.0 Å². The van der Waals surface area contributed by atoms with E-state index < -0.39 is 0 Å². The molecule has 0 saturated heterocycles. The van der Waals surface area contributed by atoms with Gasteiger partial charge in [0.25, 0.3) is 5.56 Å². The minimum Gasteiger partial charge on any atom is -0.343 e. The molecule has 0 bridgehead atoms. The SMILES string of the molecule is Cc1[nH]c2nc(C3CCCC3)[nH]c(=O)c2c1C. The van der Waals surface area contributed by atoms with E-state index in [1.807, 2.05) is 13.8 Å². The van der Waals surface area contributed by atoms with Crippen molar-refractivity contribution in [3.8, 4) is 0 Å². The molecule has 2 aromatic heterocycles. The maximum atomic E-state index is 12.1. The number of aryl methyl sites for hydroxylation is 2. The fourth-order valence-corrected chi connectivity index (χ4v) is 2.78. The molecule has 1 aliphatic rings. The van der Waals surface area contributed by atoms with Gasteiger partial charge >= 0.3 is 0 Å². The van der Waals surface area contributed by atoms with Gasteiger partial charge in [-0.2, -0.15) is 0 Å². The number of hydrogen-bond donors (Lipinski definition) is 2. The second-order valence-electron chi connectivity index (χ2n) is 5.03. The van der Waals surface area contributed by atoms with Gasteiger partial charge in [-0.05, 0) is 32.3 Å². The number of aromatic amines is 2. The van der Waals surface area contributed by atoms with Crippen LogP contribution >= 0.6 is 0 Å². The minimum absolute atomic E-state index is 0.00116. The minimum atomic E-state index is -0.00116. The molecule has 3 rings (SSSR count). The van der Waals surface area contributed by atoms with Crippen LogP contribution < -0.4 is 5.56 Å². The fourth-order valence-electron chi connectivity index (χ4n) is 2.78. The quantitative estimate of drug-likeness (QED) is 0.792. The van der Waals surface area contributed by atoms with E-state index in [1.54, 1.807) is 0 Å². The standard InChI is InChI=1S/C13H17N3O/c1-7-8(2)14-12-10(7)13(17)16-11(15-12)9-5-3-4-6-9/h9H,3-6H2,1-2H3,(H2,14,15,16,17). The number of aromatic nitrogens is 3. The van der Waals surface area contributed by atoms with E-state index in [-0.39, 0.29) is 5.56 Å². The Morgan fingerprint density at radius 3 is 2.59 bits per heavy atom. The summed E-state index contributed by atoms with van der Waals surface area (Å²) in [5.41, 5.74) is 2.78. The molecule has 2 heterocycles. The highest BCUT2D eigenvalue weighted by Gasteiger charge is 2.21. The van der Waals surface area contributed by atoms with Crippen LogP contribution in [0.5, 0.6) is 0 Å². The lowest BCUT2D eigenvalue weighted by molar-refractivity contribution is 0.668. The maximum absolute atomic E-state index is 12.1. The molecule has 90 valence electrons. The number of H-pyrrole nitrogens is 2. The van der Waals surface area contributed by atoms with Gasteiger partial charge in [-0.15, -0.1) is 0 Å². The molecule has 0 aliphatic heterocycles. The molecule has 1 aliphatic carbocycles. The number of hydrogen-bond acceptors (Lipinski definition) is 2. The van der Waals surface area contributed by atoms with Gasteiger partial charge in [0.15, 0.2) is 0 Å². The summed E-state index contributed by atoms with van der Waals surface area (Å²) in [7, 11) is 0. The third kappa shape index (κ3) is 1.59. The summed E-state index contributed by atoms with van der Waals surface area (Å²) in [6, 6.07) is 0. The average Bonchev–Trinajstić information content (AvgIpc) is 2.88. The van der Waals surface area contributed by atoms with Crippen LogP contribution in [0.2, 0.25) is 0 Å². The third-order valence-corrected chi connectivity index (χ3v) is 3.92. The molecule has 2 aromatic rings. The Bertz CT molecular complexity index is 617. The lowest BCUT2D eigenvalue weighted by atomic mass is 10.1. The lowest BCUT2D eigenvalue weighted by Crippen LogP contribution is -2.13. The summed E-state index contributed by atoms with van der Waals surface area (Å²) in [5.74, 6) is 1.30. The van der Waals surface area contributed by atoms with Crippen molar-refractivity contribution < 1.29 is 0 Å². The number of nitrogens with one attached hydrogen (secondary N) is 2. The Balaban J connectivity index is 2.20. The summed E-state index contributed by atoms with van der Waals surface area (Å²) >= 11 is 0. The highest BCUT2D eigenvalue weighted by atomic mass is 16.1. The summed E-state index contributed by atoms with van der Waals surface area (Å²) in [6.07, 6.45) is 4.78. The Hall–Kier alpha value is -1.58. The van der Waals surface area contributed by atoms with Gasteiger partial charge in [-0.3, -0.25) is 4.79 Å². The molecule has 0 spiro atoms. The maximum Gasteiger partial charge on any atom is 0.260 e. The van der Waals surface area contributed by atoms with Gasteiger partial charge < -0.3 is 9.97 Å². The van der Waals surface area contributed by atoms with E-state index in [0.29, 0.717) is 11.3 Å². The topological polar surface area (TPSA) is 61.5 Å². The van der Waals surface area contributed by atoms with Gasteiger partial charge in [0.1, 0.15) is 11.5 Å². The predicted octanol–water partition coefficient (Wildman–Crippen LogP) is 2.53. The van der Waals surface area contributed by atoms with E-state index >= 15 is 0 Å². The monoisotopic (exact) mass is 231 g/mol. The molecule has 1 saturated carbocycles. The predicted molar refractivity (Wildman–Crippen MR) is 67.4 cm³/mol. The summed E-state index contributed by atoms with van der Waals surface area (Å²) in [6.45, 7) is 3.94. The van der Waals surface area contributed by atoms with Crippen molar-refractivity contribution in [2.24, 2.45) is 0 Å². The first-order chi connectivity index (χ1) is 8.16. The summed E-state index contributed by atoms with van der Waals surface area (Å²) in [5, 5.41) is 0.712. The van der Waals surface area contributed by atoms with Gasteiger partial charge in [0.05, 0.1) is 5.39 Å². The molecule has 0 aromatic carbocycles. The van der Waals surface area contributed by atoms with E-state index in [9.17, 15) is 4.79 Å². The largest absolute Gasteiger partial charge is 0.343 e. The lowest BCUT2D eigenvalue weighted by Gasteiger charge is -2.07. The fraction of sp³-hybridized carbons (Fsp3) is 0.538. The molecule has 1 fully saturated rings. The smallest absolute Gasteiger partial charge is 0.260 e. The number of nitrogens with zero attached hydrogens (tertiary/aromatic N) is 1. The average molecular weight is 231 g/mol. The second-order valence-corrected chi connectivity index (χ2v) is 5.03. The van der Waals surface area contributed by atoms with Crippen LogP contribution in [-0.2, 0) is 0 Å². The Morgan fingerprint density at radius 2 is 1.88 bits per heavy atom. The highest BCUT2D eigenvalue weighted by molar-refractivity contribution is 5.79. The molecule has 0 radical (unpaired) electrons. The van der Waals surface area contributed by atoms with Gasteiger partial charge in [-0.1, -0.05) is 12.8 Å². The number of fused-ring (bicyclic) bond motifs is 1. The third-order valence-electron chi connectivity index (χ3n) is 3.92. The Morgan fingerprint density at radius 1 is 1.18 bits per heavy atom. The molecular weight excluding hydrogens is 214 g/mol. The highest BCUT2D eigenvalue weighted by Crippen LogP contribution is 2.32. The first kappa shape index (κ1) is 10.6. The molecule has 4 heteroatoms. The molecular formula is C13H17N3O. The zero-order valence-electron chi connectivity index (χ0n) is 10.3. The molecule has 4 nitrogen and oxygen atoms in total. The molecule has 0 amide bonds. The van der Waals surface area contributed by atoms with Crippen molar-refractivity contribution in [1.82, 2.24) is 15.0 Å². The van der Waals surface area contributed by atoms with Crippen molar-refractivity contribution in [3.63, 3.8) is 0 Å². The van der Waals surface area contributed by atoms with Crippen LogP contribution in [0.25, 0.3) is 11.0 Å². The van der Waals surface area contributed by atoms with Crippen LogP contribution in [0, 0.1) is 13.8 Å². The second kappa shape index (κ2) is 3.72. The molecule has 0 atom stereocenters. The normalized spacial score (nSPS) is 17.1. The van der Waals surface area contributed by atoms with Gasteiger partial charge in [0.2, 0.25) is 0 Å². The van der Waals surface area contributed by atoms with Crippen molar-refractivity contribution in [2.45, 2.75) is 45.4 Å². The molecule has 0 unspecified atom stereocenters. The van der Waals surface area contributed by atoms with E-state index in [4.69, 9.17) is 0 Å². The zero-order valence-corrected chi connectivity index (χ0v) is 10.3.